The monoisotopic (exact) mass is 222 g/mol. The summed E-state index contributed by atoms with van der Waals surface area (Å²) in [5.74, 6) is 0.881. The summed E-state index contributed by atoms with van der Waals surface area (Å²) >= 11 is 0. The van der Waals surface area contributed by atoms with Crippen molar-refractivity contribution < 1.29 is 0 Å². The van der Waals surface area contributed by atoms with Crippen LogP contribution >= 0.6 is 0 Å². The van der Waals surface area contributed by atoms with Crippen LogP contribution in [0.4, 0.5) is 5.95 Å². The fourth-order valence-electron chi connectivity index (χ4n) is 2.34. The molecular weight excluding hydrogens is 200 g/mol. The van der Waals surface area contributed by atoms with Gasteiger partial charge < -0.3 is 15.2 Å². The van der Waals surface area contributed by atoms with E-state index in [0.717, 1.165) is 18.5 Å². The Balaban J connectivity index is 1.60. The second-order valence-corrected chi connectivity index (χ2v) is 4.60. The first-order valence-electron chi connectivity index (χ1n) is 6.33. The highest BCUT2D eigenvalue weighted by Gasteiger charge is 2.16. The van der Waals surface area contributed by atoms with Crippen LogP contribution in [0, 0.1) is 0 Å². The van der Waals surface area contributed by atoms with E-state index in [2.05, 4.69) is 27.1 Å². The molecule has 2 N–H and O–H groups in total. The summed E-state index contributed by atoms with van der Waals surface area (Å²) in [5.41, 5.74) is 0. The quantitative estimate of drug-likeness (QED) is 0.750. The van der Waals surface area contributed by atoms with E-state index in [9.17, 15) is 0 Å². The van der Waals surface area contributed by atoms with E-state index in [-0.39, 0.29) is 0 Å². The van der Waals surface area contributed by atoms with Crippen molar-refractivity contribution in [2.24, 2.45) is 0 Å². The van der Waals surface area contributed by atoms with Gasteiger partial charge in [0.05, 0.1) is 0 Å². The van der Waals surface area contributed by atoms with Gasteiger partial charge in [-0.25, -0.2) is 4.98 Å². The molecule has 1 aliphatic heterocycles. The molecule has 0 bridgehead atoms. The third-order valence-corrected chi connectivity index (χ3v) is 3.35. The predicted octanol–water partition coefficient (Wildman–Crippen LogP) is 2.09. The average molecular weight is 222 g/mol. The third-order valence-electron chi connectivity index (χ3n) is 3.35. The molecule has 1 unspecified atom stereocenters. The first-order valence-corrected chi connectivity index (χ1v) is 6.33. The highest BCUT2D eigenvalue weighted by Crippen LogP contribution is 2.16. The van der Waals surface area contributed by atoms with Crippen LogP contribution in [-0.2, 0) is 0 Å². The number of piperidine rings is 1. The number of anilines is 1. The van der Waals surface area contributed by atoms with Crippen molar-refractivity contribution in [1.82, 2.24) is 14.9 Å². The molecule has 1 saturated heterocycles. The first kappa shape index (κ1) is 11.5. The van der Waals surface area contributed by atoms with Gasteiger partial charge in [-0.15, -0.1) is 0 Å². The Hall–Kier alpha value is -1.03. The van der Waals surface area contributed by atoms with Crippen LogP contribution in [0.15, 0.2) is 12.4 Å². The lowest BCUT2D eigenvalue weighted by Gasteiger charge is -2.33. The standard InChI is InChI=1S/C12H22N4/c1-11-5-2-3-9-16(11)10-4-6-13-12-14-7-8-15-12/h7-8,11H,2-6,9-10H2,1H3,(H2,13,14,15). The highest BCUT2D eigenvalue weighted by molar-refractivity contribution is 5.22. The van der Waals surface area contributed by atoms with Crippen LogP contribution in [0.5, 0.6) is 0 Å². The lowest BCUT2D eigenvalue weighted by atomic mass is 10.0. The molecular formula is C12H22N4. The number of imidazole rings is 1. The number of aromatic amines is 1. The van der Waals surface area contributed by atoms with Gasteiger partial charge in [-0.3, -0.25) is 0 Å². The largest absolute Gasteiger partial charge is 0.356 e. The molecule has 0 saturated carbocycles. The minimum absolute atomic E-state index is 0.775. The van der Waals surface area contributed by atoms with E-state index in [1.54, 1.807) is 6.20 Å². The summed E-state index contributed by atoms with van der Waals surface area (Å²) in [5, 5.41) is 3.29. The van der Waals surface area contributed by atoms with Crippen LogP contribution in [0.25, 0.3) is 0 Å². The molecule has 4 nitrogen and oxygen atoms in total. The molecule has 0 radical (unpaired) electrons. The van der Waals surface area contributed by atoms with Gasteiger partial charge in [0, 0.05) is 31.5 Å². The molecule has 1 aromatic rings. The van der Waals surface area contributed by atoms with Gasteiger partial charge in [0.1, 0.15) is 0 Å². The summed E-state index contributed by atoms with van der Waals surface area (Å²) in [6.07, 6.45) is 8.94. The highest BCUT2D eigenvalue weighted by atomic mass is 15.2. The molecule has 1 fully saturated rings. The van der Waals surface area contributed by atoms with Crippen LogP contribution in [0.2, 0.25) is 0 Å². The van der Waals surface area contributed by atoms with E-state index < -0.39 is 0 Å². The Bertz CT molecular complexity index is 283. The lowest BCUT2D eigenvalue weighted by Crippen LogP contribution is -2.38. The number of aromatic nitrogens is 2. The van der Waals surface area contributed by atoms with Gasteiger partial charge in [-0.1, -0.05) is 6.42 Å². The molecule has 0 aromatic carbocycles. The Labute approximate surface area is 97.4 Å². The zero-order valence-corrected chi connectivity index (χ0v) is 10.1. The van der Waals surface area contributed by atoms with Crippen molar-refractivity contribution >= 4 is 5.95 Å². The molecule has 2 heterocycles. The first-order chi connectivity index (χ1) is 7.86. The number of nitrogens with one attached hydrogen (secondary N) is 2. The summed E-state index contributed by atoms with van der Waals surface area (Å²) < 4.78 is 0. The minimum Gasteiger partial charge on any atom is -0.356 e. The van der Waals surface area contributed by atoms with E-state index in [1.807, 2.05) is 6.20 Å². The van der Waals surface area contributed by atoms with Crippen LogP contribution in [0.3, 0.4) is 0 Å². The third kappa shape index (κ3) is 3.23. The van der Waals surface area contributed by atoms with Gasteiger partial charge in [0.15, 0.2) is 5.95 Å². The average Bonchev–Trinajstić information content (AvgIpc) is 2.79. The number of rotatable bonds is 5. The zero-order valence-electron chi connectivity index (χ0n) is 10.1. The number of likely N-dealkylation sites (tertiary alicyclic amines) is 1. The molecule has 16 heavy (non-hydrogen) atoms. The number of hydrogen-bond donors (Lipinski definition) is 2. The van der Waals surface area contributed by atoms with Crippen molar-refractivity contribution in [3.8, 4) is 0 Å². The summed E-state index contributed by atoms with van der Waals surface area (Å²) in [7, 11) is 0. The molecule has 2 rings (SSSR count). The Morgan fingerprint density at radius 3 is 3.25 bits per heavy atom. The van der Waals surface area contributed by atoms with Crippen molar-refractivity contribution in [3.05, 3.63) is 12.4 Å². The molecule has 1 atom stereocenters. The smallest absolute Gasteiger partial charge is 0.200 e. The van der Waals surface area contributed by atoms with Crippen LogP contribution in [-0.4, -0.2) is 40.5 Å². The zero-order chi connectivity index (χ0) is 11.2. The second kappa shape index (κ2) is 5.89. The number of hydrogen-bond acceptors (Lipinski definition) is 3. The van der Waals surface area contributed by atoms with Crippen molar-refractivity contribution in [3.63, 3.8) is 0 Å². The molecule has 0 aliphatic carbocycles. The molecule has 0 amide bonds. The van der Waals surface area contributed by atoms with Crippen molar-refractivity contribution in [2.45, 2.75) is 38.6 Å². The fraction of sp³-hybridized carbons (Fsp3) is 0.750. The van der Waals surface area contributed by atoms with Crippen molar-refractivity contribution in [2.75, 3.05) is 25.0 Å². The molecule has 1 aliphatic rings. The van der Waals surface area contributed by atoms with Crippen molar-refractivity contribution in [1.29, 1.82) is 0 Å². The molecule has 90 valence electrons. The van der Waals surface area contributed by atoms with Gasteiger partial charge in [0.25, 0.3) is 0 Å². The van der Waals surface area contributed by atoms with Crippen LogP contribution < -0.4 is 5.32 Å². The predicted molar refractivity (Wildman–Crippen MR) is 66.6 cm³/mol. The maximum absolute atomic E-state index is 4.14. The van der Waals surface area contributed by atoms with E-state index in [4.69, 9.17) is 0 Å². The van der Waals surface area contributed by atoms with E-state index >= 15 is 0 Å². The lowest BCUT2D eigenvalue weighted by molar-refractivity contribution is 0.160. The second-order valence-electron chi connectivity index (χ2n) is 4.60. The Kier molecular flexibility index (Phi) is 4.22. The van der Waals surface area contributed by atoms with Gasteiger partial charge in [-0.05, 0) is 32.7 Å². The molecule has 4 heteroatoms. The summed E-state index contributed by atoms with van der Waals surface area (Å²) in [6, 6.07) is 0.775. The van der Waals surface area contributed by atoms with E-state index in [0.29, 0.717) is 0 Å². The van der Waals surface area contributed by atoms with Gasteiger partial charge in [-0.2, -0.15) is 0 Å². The summed E-state index contributed by atoms with van der Waals surface area (Å²) in [6.45, 7) is 5.83. The maximum atomic E-state index is 4.14. The molecule has 1 aromatic heterocycles. The van der Waals surface area contributed by atoms with E-state index in [1.165, 1.54) is 38.8 Å². The summed E-state index contributed by atoms with van der Waals surface area (Å²) in [4.78, 5) is 9.79. The van der Waals surface area contributed by atoms with Gasteiger partial charge in [0.2, 0.25) is 0 Å². The van der Waals surface area contributed by atoms with Crippen LogP contribution in [0.1, 0.15) is 32.6 Å². The SMILES string of the molecule is CC1CCCCN1CCCNc1ncc[nH]1. The topological polar surface area (TPSA) is 44.0 Å². The minimum atomic E-state index is 0.775. The fourth-order valence-corrected chi connectivity index (χ4v) is 2.34. The Morgan fingerprint density at radius 2 is 2.50 bits per heavy atom. The molecule has 0 spiro atoms. The van der Waals surface area contributed by atoms with Gasteiger partial charge >= 0.3 is 0 Å². The number of nitrogens with zero attached hydrogens (tertiary/aromatic N) is 2. The maximum Gasteiger partial charge on any atom is 0.200 e. The number of H-pyrrole nitrogens is 1. The Morgan fingerprint density at radius 1 is 1.56 bits per heavy atom. The normalized spacial score (nSPS) is 22.2.